The fourth-order valence-electron chi connectivity index (χ4n) is 1.80. The van der Waals surface area contributed by atoms with E-state index in [2.05, 4.69) is 5.32 Å². The predicted octanol–water partition coefficient (Wildman–Crippen LogP) is 1.11. The van der Waals surface area contributed by atoms with Gasteiger partial charge < -0.3 is 21.5 Å². The molecule has 0 spiro atoms. The van der Waals surface area contributed by atoms with Crippen LogP contribution in [0.2, 0.25) is 0 Å². The van der Waals surface area contributed by atoms with Crippen LogP contribution < -0.4 is 21.5 Å². The zero-order valence-corrected chi connectivity index (χ0v) is 12.0. The van der Waals surface area contributed by atoms with Crippen LogP contribution in [0.3, 0.4) is 0 Å². The van der Waals surface area contributed by atoms with Crippen molar-refractivity contribution < 1.29 is 14.3 Å². The second-order valence-electron chi connectivity index (χ2n) is 5.00. The van der Waals surface area contributed by atoms with Crippen LogP contribution in [0.1, 0.15) is 30.6 Å². The highest BCUT2D eigenvalue weighted by Crippen LogP contribution is 2.25. The van der Waals surface area contributed by atoms with Gasteiger partial charge in [0.15, 0.2) is 0 Å². The van der Waals surface area contributed by atoms with E-state index >= 15 is 0 Å². The summed E-state index contributed by atoms with van der Waals surface area (Å²) >= 11 is 0. The first-order valence-corrected chi connectivity index (χ1v) is 6.39. The summed E-state index contributed by atoms with van der Waals surface area (Å²) in [6.07, 6.45) is 0.573. The van der Waals surface area contributed by atoms with Gasteiger partial charge >= 0.3 is 0 Å². The maximum absolute atomic E-state index is 12.0. The molecule has 5 N–H and O–H groups in total. The summed E-state index contributed by atoms with van der Waals surface area (Å²) in [7, 11) is 1.48. The molecule has 6 nitrogen and oxygen atoms in total. The van der Waals surface area contributed by atoms with Crippen molar-refractivity contribution >= 4 is 17.5 Å². The Morgan fingerprint density at radius 1 is 1.35 bits per heavy atom. The Morgan fingerprint density at radius 2 is 2.00 bits per heavy atom. The second-order valence-corrected chi connectivity index (χ2v) is 5.00. The minimum Gasteiger partial charge on any atom is -0.495 e. The molecule has 1 aromatic carbocycles. The molecule has 20 heavy (non-hydrogen) atoms. The molecule has 0 saturated carbocycles. The van der Waals surface area contributed by atoms with Gasteiger partial charge in [-0.1, -0.05) is 13.8 Å². The number of carbonyl (C=O) groups excluding carboxylic acids is 2. The van der Waals surface area contributed by atoms with Crippen molar-refractivity contribution in [2.75, 3.05) is 12.4 Å². The Labute approximate surface area is 118 Å². The molecule has 1 atom stereocenters. The molecule has 0 aliphatic rings. The average molecular weight is 279 g/mol. The Kier molecular flexibility index (Phi) is 5.52. The molecule has 0 fully saturated rings. The summed E-state index contributed by atoms with van der Waals surface area (Å²) in [6.45, 7) is 3.98. The number of benzene rings is 1. The van der Waals surface area contributed by atoms with Gasteiger partial charge in [0.1, 0.15) is 5.75 Å². The van der Waals surface area contributed by atoms with E-state index in [1.807, 2.05) is 13.8 Å². The molecule has 0 aliphatic carbocycles. The highest BCUT2D eigenvalue weighted by Gasteiger charge is 2.17. The van der Waals surface area contributed by atoms with E-state index in [1.54, 1.807) is 6.07 Å². The van der Waals surface area contributed by atoms with Crippen molar-refractivity contribution in [1.29, 1.82) is 0 Å². The van der Waals surface area contributed by atoms with Gasteiger partial charge in [0.2, 0.25) is 11.8 Å². The Balaban J connectivity index is 2.92. The van der Waals surface area contributed by atoms with Crippen molar-refractivity contribution in [3.05, 3.63) is 23.8 Å². The smallest absolute Gasteiger partial charge is 0.248 e. The number of anilines is 1. The summed E-state index contributed by atoms with van der Waals surface area (Å²) < 4.78 is 5.13. The first kappa shape index (κ1) is 16.0. The standard InChI is InChI=1S/C14H21N3O3/c1-8(2)6-10(15)14(19)17-11-7-9(13(16)18)4-5-12(11)20-3/h4-5,7-8,10H,6,15H2,1-3H3,(H2,16,18)(H,17,19)/t10-/m1/s1. The molecule has 0 bridgehead atoms. The Hall–Kier alpha value is -2.08. The molecule has 6 heteroatoms. The number of amides is 2. The molecule has 0 unspecified atom stereocenters. The van der Waals surface area contributed by atoms with Gasteiger partial charge in [0.05, 0.1) is 18.8 Å². The highest BCUT2D eigenvalue weighted by atomic mass is 16.5. The first-order valence-electron chi connectivity index (χ1n) is 6.39. The lowest BCUT2D eigenvalue weighted by atomic mass is 10.0. The zero-order chi connectivity index (χ0) is 15.3. The van der Waals surface area contributed by atoms with Crippen LogP contribution in [0.15, 0.2) is 18.2 Å². The van der Waals surface area contributed by atoms with Crippen LogP contribution in [0.25, 0.3) is 0 Å². The second kappa shape index (κ2) is 6.91. The predicted molar refractivity (Wildman–Crippen MR) is 77.6 cm³/mol. The molecule has 0 saturated heterocycles. The lowest BCUT2D eigenvalue weighted by Crippen LogP contribution is -2.36. The SMILES string of the molecule is COc1ccc(C(N)=O)cc1NC(=O)[C@H](N)CC(C)C. The van der Waals surface area contributed by atoms with Crippen LogP contribution in [-0.4, -0.2) is 25.0 Å². The van der Waals surface area contributed by atoms with Crippen molar-refractivity contribution in [2.24, 2.45) is 17.4 Å². The van der Waals surface area contributed by atoms with Gasteiger partial charge in [0, 0.05) is 5.56 Å². The van der Waals surface area contributed by atoms with Gasteiger partial charge in [-0.2, -0.15) is 0 Å². The summed E-state index contributed by atoms with van der Waals surface area (Å²) in [5.41, 5.74) is 11.7. The zero-order valence-electron chi connectivity index (χ0n) is 12.0. The number of rotatable bonds is 6. The van der Waals surface area contributed by atoms with Crippen molar-refractivity contribution in [1.82, 2.24) is 0 Å². The molecule has 0 radical (unpaired) electrons. The molecule has 0 aromatic heterocycles. The number of nitrogens with one attached hydrogen (secondary N) is 1. The van der Waals surface area contributed by atoms with Crippen molar-refractivity contribution in [3.8, 4) is 5.75 Å². The summed E-state index contributed by atoms with van der Waals surface area (Å²) in [5.74, 6) is -0.136. The van der Waals surface area contributed by atoms with Gasteiger partial charge in [0.25, 0.3) is 0 Å². The van der Waals surface area contributed by atoms with Gasteiger partial charge in [-0.15, -0.1) is 0 Å². The lowest BCUT2D eigenvalue weighted by molar-refractivity contribution is -0.117. The quantitative estimate of drug-likeness (QED) is 0.724. The van der Waals surface area contributed by atoms with Crippen LogP contribution in [-0.2, 0) is 4.79 Å². The number of primary amides is 1. The van der Waals surface area contributed by atoms with Crippen LogP contribution in [0.5, 0.6) is 5.75 Å². The molecule has 1 rings (SSSR count). The lowest BCUT2D eigenvalue weighted by Gasteiger charge is -2.16. The molecular formula is C14H21N3O3. The van der Waals surface area contributed by atoms with E-state index in [1.165, 1.54) is 19.2 Å². The largest absolute Gasteiger partial charge is 0.495 e. The normalized spacial score (nSPS) is 12.1. The first-order chi connectivity index (χ1) is 9.35. The fraction of sp³-hybridized carbons (Fsp3) is 0.429. The maximum Gasteiger partial charge on any atom is 0.248 e. The monoisotopic (exact) mass is 279 g/mol. The molecule has 2 amide bonds. The van der Waals surface area contributed by atoms with Gasteiger partial charge in [-0.05, 0) is 30.5 Å². The number of methoxy groups -OCH3 is 1. The third kappa shape index (κ3) is 4.24. The van der Waals surface area contributed by atoms with Crippen LogP contribution >= 0.6 is 0 Å². The van der Waals surface area contributed by atoms with E-state index in [0.29, 0.717) is 29.3 Å². The molecule has 110 valence electrons. The Morgan fingerprint density at radius 3 is 2.50 bits per heavy atom. The summed E-state index contributed by atoms with van der Waals surface area (Å²) in [5, 5.41) is 2.67. The van der Waals surface area contributed by atoms with Gasteiger partial charge in [-0.3, -0.25) is 9.59 Å². The number of hydrogen-bond donors (Lipinski definition) is 3. The van der Waals surface area contributed by atoms with Gasteiger partial charge in [-0.25, -0.2) is 0 Å². The topological polar surface area (TPSA) is 107 Å². The van der Waals surface area contributed by atoms with E-state index in [-0.39, 0.29) is 5.91 Å². The minimum atomic E-state index is -0.614. The van der Waals surface area contributed by atoms with E-state index in [0.717, 1.165) is 0 Å². The number of hydrogen-bond acceptors (Lipinski definition) is 4. The van der Waals surface area contributed by atoms with E-state index in [4.69, 9.17) is 16.2 Å². The summed E-state index contributed by atoms with van der Waals surface area (Å²) in [6, 6.07) is 3.97. The fourth-order valence-corrected chi connectivity index (χ4v) is 1.80. The minimum absolute atomic E-state index is 0.290. The van der Waals surface area contributed by atoms with Crippen LogP contribution in [0.4, 0.5) is 5.69 Å². The molecule has 0 aliphatic heterocycles. The third-order valence-corrected chi connectivity index (χ3v) is 2.80. The van der Waals surface area contributed by atoms with Crippen molar-refractivity contribution in [2.45, 2.75) is 26.3 Å². The Bertz CT molecular complexity index is 500. The highest BCUT2D eigenvalue weighted by molar-refractivity contribution is 5.99. The third-order valence-electron chi connectivity index (χ3n) is 2.80. The molecule has 0 heterocycles. The maximum atomic E-state index is 12.0. The number of ether oxygens (including phenoxy) is 1. The molecular weight excluding hydrogens is 258 g/mol. The number of nitrogens with two attached hydrogens (primary N) is 2. The molecule has 1 aromatic rings. The van der Waals surface area contributed by atoms with Crippen LogP contribution in [0, 0.1) is 5.92 Å². The average Bonchev–Trinajstić information content (AvgIpc) is 2.37. The van der Waals surface area contributed by atoms with Crippen molar-refractivity contribution in [3.63, 3.8) is 0 Å². The van der Waals surface area contributed by atoms with E-state index in [9.17, 15) is 9.59 Å². The number of carbonyl (C=O) groups is 2. The van der Waals surface area contributed by atoms with E-state index < -0.39 is 11.9 Å². The summed E-state index contributed by atoms with van der Waals surface area (Å²) in [4.78, 5) is 23.2.